The van der Waals surface area contributed by atoms with Gasteiger partial charge in [0, 0.05) is 50.7 Å². The van der Waals surface area contributed by atoms with Crippen LogP contribution in [0.1, 0.15) is 63.5 Å². The molecule has 0 saturated heterocycles. The fraction of sp³-hybridized carbons (Fsp3) is 0.500. The van der Waals surface area contributed by atoms with E-state index in [1.165, 1.54) is 27.7 Å². The number of ether oxygens (including phenoxy) is 4. The monoisotopic (exact) mass is 390 g/mol. The van der Waals surface area contributed by atoms with Gasteiger partial charge in [-0.25, -0.2) is 0 Å². The normalized spacial score (nSPS) is 24.7. The SMILES string of the molecule is CC(=O)Oc1ccc(OC(C)=O)c2c1[C@H]1CC[C@@H]2[C@H](OC(C)=O)[C@@H]1OC(C)=O. The third kappa shape index (κ3) is 3.72. The minimum Gasteiger partial charge on any atom is -0.458 e. The number of hydrogen-bond donors (Lipinski definition) is 0. The number of fused-ring (bicyclic) bond motifs is 2. The Labute approximate surface area is 162 Å². The molecule has 3 aliphatic carbocycles. The van der Waals surface area contributed by atoms with Crippen molar-refractivity contribution in [3.8, 4) is 11.5 Å². The molecule has 4 atom stereocenters. The van der Waals surface area contributed by atoms with Crippen molar-refractivity contribution >= 4 is 23.9 Å². The quantitative estimate of drug-likeness (QED) is 0.570. The summed E-state index contributed by atoms with van der Waals surface area (Å²) in [5.41, 5.74) is 1.31. The van der Waals surface area contributed by atoms with Crippen molar-refractivity contribution in [2.45, 2.75) is 64.6 Å². The van der Waals surface area contributed by atoms with Crippen molar-refractivity contribution in [1.82, 2.24) is 0 Å². The Kier molecular flexibility index (Phi) is 5.40. The maximum Gasteiger partial charge on any atom is 0.308 e. The molecular weight excluding hydrogens is 368 g/mol. The van der Waals surface area contributed by atoms with Crippen LogP contribution >= 0.6 is 0 Å². The molecule has 0 aliphatic heterocycles. The zero-order valence-electron chi connectivity index (χ0n) is 16.1. The topological polar surface area (TPSA) is 105 Å². The van der Waals surface area contributed by atoms with Gasteiger partial charge in [0.25, 0.3) is 0 Å². The van der Waals surface area contributed by atoms with E-state index in [1.54, 1.807) is 12.1 Å². The molecule has 0 amide bonds. The molecule has 1 fully saturated rings. The molecule has 3 aliphatic rings. The van der Waals surface area contributed by atoms with Gasteiger partial charge in [-0.15, -0.1) is 0 Å². The first-order valence-electron chi connectivity index (χ1n) is 9.07. The lowest BCUT2D eigenvalue weighted by Crippen LogP contribution is -2.50. The highest BCUT2D eigenvalue weighted by atomic mass is 16.6. The van der Waals surface area contributed by atoms with Gasteiger partial charge in [0.05, 0.1) is 0 Å². The van der Waals surface area contributed by atoms with Crippen LogP contribution in [0.2, 0.25) is 0 Å². The van der Waals surface area contributed by atoms with Gasteiger partial charge in [-0.2, -0.15) is 0 Å². The molecule has 1 saturated carbocycles. The van der Waals surface area contributed by atoms with Crippen molar-refractivity contribution in [3.63, 3.8) is 0 Å². The third-order valence-corrected chi connectivity index (χ3v) is 4.97. The first-order chi connectivity index (χ1) is 13.2. The first-order valence-corrected chi connectivity index (χ1v) is 9.07. The van der Waals surface area contributed by atoms with Gasteiger partial charge >= 0.3 is 23.9 Å². The van der Waals surface area contributed by atoms with Crippen molar-refractivity contribution in [2.24, 2.45) is 0 Å². The Bertz CT molecular complexity index is 774. The summed E-state index contributed by atoms with van der Waals surface area (Å²) in [6.45, 7) is 5.16. The second kappa shape index (κ2) is 7.61. The summed E-state index contributed by atoms with van der Waals surface area (Å²) in [7, 11) is 0. The van der Waals surface area contributed by atoms with Crippen LogP contribution in [0.15, 0.2) is 12.1 Å². The van der Waals surface area contributed by atoms with E-state index < -0.39 is 36.1 Å². The number of carbonyl (C=O) groups excluding carboxylic acids is 4. The maximum absolute atomic E-state index is 11.7. The number of benzene rings is 1. The number of esters is 4. The molecule has 28 heavy (non-hydrogen) atoms. The van der Waals surface area contributed by atoms with Crippen LogP contribution in [-0.4, -0.2) is 36.1 Å². The number of carbonyl (C=O) groups is 4. The Balaban J connectivity index is 2.18. The van der Waals surface area contributed by atoms with E-state index in [9.17, 15) is 19.2 Å². The lowest BCUT2D eigenvalue weighted by atomic mass is 9.63. The molecule has 4 rings (SSSR count). The fourth-order valence-corrected chi connectivity index (χ4v) is 4.29. The average Bonchev–Trinajstić information content (AvgIpc) is 2.57. The van der Waals surface area contributed by atoms with Crippen LogP contribution in [0.3, 0.4) is 0 Å². The predicted octanol–water partition coefficient (Wildman–Crippen LogP) is 2.38. The Morgan fingerprint density at radius 3 is 1.32 bits per heavy atom. The predicted molar refractivity (Wildman–Crippen MR) is 94.9 cm³/mol. The molecule has 0 spiro atoms. The molecule has 8 nitrogen and oxygen atoms in total. The first kappa shape index (κ1) is 19.9. The van der Waals surface area contributed by atoms with Gasteiger partial charge in [0.2, 0.25) is 0 Å². The number of hydrogen-bond acceptors (Lipinski definition) is 8. The Hall–Kier alpha value is -2.90. The Morgan fingerprint density at radius 2 is 1.04 bits per heavy atom. The average molecular weight is 390 g/mol. The summed E-state index contributed by atoms with van der Waals surface area (Å²) in [5.74, 6) is -2.06. The second-order valence-corrected chi connectivity index (χ2v) is 7.01. The maximum atomic E-state index is 11.7. The molecule has 1 aromatic rings. The molecule has 150 valence electrons. The van der Waals surface area contributed by atoms with E-state index in [1.807, 2.05) is 0 Å². The van der Waals surface area contributed by atoms with Crippen LogP contribution in [0.25, 0.3) is 0 Å². The van der Waals surface area contributed by atoms with Gasteiger partial charge in [-0.3, -0.25) is 19.2 Å². The van der Waals surface area contributed by atoms with Crippen LogP contribution in [0.4, 0.5) is 0 Å². The third-order valence-electron chi connectivity index (χ3n) is 4.97. The summed E-state index contributed by atoms with van der Waals surface area (Å²) in [6, 6.07) is 3.12. The molecule has 0 N–H and O–H groups in total. The largest absolute Gasteiger partial charge is 0.458 e. The van der Waals surface area contributed by atoms with Gasteiger partial charge in [0.1, 0.15) is 23.7 Å². The molecule has 0 unspecified atom stereocenters. The van der Waals surface area contributed by atoms with Gasteiger partial charge < -0.3 is 18.9 Å². The minimum atomic E-state index is -0.713. The molecule has 8 heteroatoms. The van der Waals surface area contributed by atoms with Gasteiger partial charge in [0.15, 0.2) is 0 Å². The van der Waals surface area contributed by atoms with E-state index in [-0.39, 0.29) is 11.8 Å². The standard InChI is InChI=1S/C20H22O8/c1-9(21)25-15-7-8-16(26-10(2)22)18-14-6-5-13(17(15)18)19(27-11(3)23)20(14)28-12(4)24/h7-8,13-14,19-20H,5-6H2,1-4H3/t13-,14+,19-,20+. The highest BCUT2D eigenvalue weighted by molar-refractivity contribution is 5.74. The summed E-state index contributed by atoms with van der Waals surface area (Å²) in [5, 5.41) is 0. The Morgan fingerprint density at radius 1 is 0.679 bits per heavy atom. The van der Waals surface area contributed by atoms with Crippen LogP contribution in [0, 0.1) is 0 Å². The highest BCUT2D eigenvalue weighted by Gasteiger charge is 2.53. The van der Waals surface area contributed by atoms with Crippen molar-refractivity contribution in [2.75, 3.05) is 0 Å². The minimum absolute atomic E-state index is 0.325. The van der Waals surface area contributed by atoms with E-state index >= 15 is 0 Å². The summed E-state index contributed by atoms with van der Waals surface area (Å²) in [6.07, 6.45) is -0.139. The molecule has 0 heterocycles. The van der Waals surface area contributed by atoms with E-state index in [2.05, 4.69) is 0 Å². The van der Waals surface area contributed by atoms with Crippen molar-refractivity contribution < 1.29 is 38.1 Å². The van der Waals surface area contributed by atoms with E-state index in [0.29, 0.717) is 35.5 Å². The van der Waals surface area contributed by atoms with Crippen LogP contribution < -0.4 is 9.47 Å². The van der Waals surface area contributed by atoms with Crippen LogP contribution in [-0.2, 0) is 28.7 Å². The van der Waals surface area contributed by atoms with Gasteiger partial charge in [-0.1, -0.05) is 0 Å². The molecule has 0 aromatic heterocycles. The molecule has 1 aromatic carbocycles. The summed E-state index contributed by atoms with van der Waals surface area (Å²) < 4.78 is 21.8. The number of rotatable bonds is 4. The summed E-state index contributed by atoms with van der Waals surface area (Å²) in [4.78, 5) is 46.5. The summed E-state index contributed by atoms with van der Waals surface area (Å²) >= 11 is 0. The molecule has 0 radical (unpaired) electrons. The smallest absolute Gasteiger partial charge is 0.308 e. The van der Waals surface area contributed by atoms with Crippen molar-refractivity contribution in [1.29, 1.82) is 0 Å². The van der Waals surface area contributed by atoms with Gasteiger partial charge in [-0.05, 0) is 25.0 Å². The molecular formula is C20H22O8. The lowest BCUT2D eigenvalue weighted by molar-refractivity contribution is -0.174. The van der Waals surface area contributed by atoms with Crippen LogP contribution in [0.5, 0.6) is 11.5 Å². The lowest BCUT2D eigenvalue weighted by Gasteiger charge is -2.48. The van der Waals surface area contributed by atoms with E-state index in [0.717, 1.165) is 0 Å². The fourth-order valence-electron chi connectivity index (χ4n) is 4.29. The zero-order chi connectivity index (χ0) is 20.6. The van der Waals surface area contributed by atoms with E-state index in [4.69, 9.17) is 18.9 Å². The van der Waals surface area contributed by atoms with Crippen molar-refractivity contribution in [3.05, 3.63) is 23.3 Å². The highest BCUT2D eigenvalue weighted by Crippen LogP contribution is 2.57. The zero-order valence-corrected chi connectivity index (χ0v) is 16.1. The molecule has 2 bridgehead atoms. The second-order valence-electron chi connectivity index (χ2n) is 7.01.